The third-order valence-corrected chi connectivity index (χ3v) is 1.69. The molecule has 5 heteroatoms. The van der Waals surface area contributed by atoms with Crippen molar-refractivity contribution in [2.24, 2.45) is 0 Å². The van der Waals surface area contributed by atoms with Crippen LogP contribution < -0.4 is 5.46 Å². The van der Waals surface area contributed by atoms with E-state index in [4.69, 9.17) is 19.4 Å². The average Bonchev–Trinajstić information content (AvgIpc) is 1.92. The van der Waals surface area contributed by atoms with Gasteiger partial charge in [-0.1, -0.05) is 29.2 Å². The molecule has 0 spiro atoms. The number of benzene rings is 1. The predicted octanol–water partition coefficient (Wildman–Crippen LogP) is 2.15. The Kier molecular flexibility index (Phi) is 2.37. The van der Waals surface area contributed by atoms with Crippen molar-refractivity contribution < 1.29 is 13.2 Å². The van der Waals surface area contributed by atoms with E-state index in [0.29, 0.717) is 0 Å². The van der Waals surface area contributed by atoms with E-state index in [1.807, 2.05) is 0 Å². The summed E-state index contributed by atoms with van der Waals surface area (Å²) in [4.78, 5) is 0. The highest BCUT2D eigenvalue weighted by atomic mass is 35.5. The fourth-order valence-corrected chi connectivity index (χ4v) is 0.959. The van der Waals surface area contributed by atoms with E-state index in [0.717, 1.165) is 6.07 Å². The molecular formula is C7H3BClF3. The second-order valence-corrected chi connectivity index (χ2v) is 2.61. The van der Waals surface area contributed by atoms with Crippen LogP contribution in [0.4, 0.5) is 13.2 Å². The minimum atomic E-state index is -4.44. The Balaban J connectivity index is 3.26. The van der Waals surface area contributed by atoms with Crippen LogP contribution in [0.2, 0.25) is 5.02 Å². The molecule has 0 aliphatic rings. The molecular weight excluding hydrogens is 187 g/mol. The second kappa shape index (κ2) is 3.01. The molecule has 1 rings (SSSR count). The number of hydrogen-bond donors (Lipinski definition) is 0. The van der Waals surface area contributed by atoms with Gasteiger partial charge >= 0.3 is 6.18 Å². The Morgan fingerprint density at radius 1 is 1.25 bits per heavy atom. The monoisotopic (exact) mass is 190 g/mol. The SMILES string of the molecule is [B]c1c(Cl)cccc1C(F)(F)F. The summed E-state index contributed by atoms with van der Waals surface area (Å²) in [6.45, 7) is 0. The lowest BCUT2D eigenvalue weighted by Crippen LogP contribution is -2.20. The molecule has 2 radical (unpaired) electrons. The van der Waals surface area contributed by atoms with E-state index < -0.39 is 17.2 Å². The molecule has 0 unspecified atom stereocenters. The van der Waals surface area contributed by atoms with E-state index in [1.165, 1.54) is 12.1 Å². The Morgan fingerprint density at radius 2 is 1.83 bits per heavy atom. The van der Waals surface area contributed by atoms with Crippen molar-refractivity contribution in [3.05, 3.63) is 28.8 Å². The molecule has 0 fully saturated rings. The summed E-state index contributed by atoms with van der Waals surface area (Å²) in [7, 11) is 5.12. The standard InChI is InChI=1S/C7H3BClF3/c8-6-4(7(10,11)12)2-1-3-5(6)9/h1-3H. The minimum absolute atomic E-state index is 0.0789. The highest BCUT2D eigenvalue weighted by Crippen LogP contribution is 2.28. The zero-order valence-corrected chi connectivity index (χ0v) is 6.58. The molecule has 0 atom stereocenters. The molecule has 12 heavy (non-hydrogen) atoms. The molecule has 0 aromatic heterocycles. The van der Waals surface area contributed by atoms with Gasteiger partial charge in [-0.25, -0.2) is 0 Å². The van der Waals surface area contributed by atoms with Gasteiger partial charge in [-0.05, 0) is 6.07 Å². The molecule has 0 bridgehead atoms. The third kappa shape index (κ3) is 1.75. The van der Waals surface area contributed by atoms with Crippen LogP contribution in [0.3, 0.4) is 0 Å². The van der Waals surface area contributed by atoms with Crippen molar-refractivity contribution in [2.75, 3.05) is 0 Å². The van der Waals surface area contributed by atoms with Crippen LogP contribution in [0.1, 0.15) is 5.56 Å². The lowest BCUT2D eigenvalue weighted by Gasteiger charge is -2.10. The van der Waals surface area contributed by atoms with Crippen LogP contribution in [-0.4, -0.2) is 7.85 Å². The topological polar surface area (TPSA) is 0 Å². The van der Waals surface area contributed by atoms with Crippen molar-refractivity contribution in [2.45, 2.75) is 6.18 Å². The van der Waals surface area contributed by atoms with Gasteiger partial charge in [0.2, 0.25) is 0 Å². The fourth-order valence-electron chi connectivity index (χ4n) is 0.784. The first-order chi connectivity index (χ1) is 5.43. The van der Waals surface area contributed by atoms with Crippen LogP contribution in [0.15, 0.2) is 18.2 Å². The largest absolute Gasteiger partial charge is 0.415 e. The van der Waals surface area contributed by atoms with Crippen LogP contribution in [0.5, 0.6) is 0 Å². The minimum Gasteiger partial charge on any atom is -0.166 e. The quantitative estimate of drug-likeness (QED) is 0.550. The van der Waals surface area contributed by atoms with Crippen molar-refractivity contribution in [1.82, 2.24) is 0 Å². The number of rotatable bonds is 0. The molecule has 0 saturated heterocycles. The zero-order valence-electron chi connectivity index (χ0n) is 5.82. The van der Waals surface area contributed by atoms with Crippen LogP contribution in [0, 0.1) is 0 Å². The van der Waals surface area contributed by atoms with Crippen LogP contribution >= 0.6 is 11.6 Å². The Bertz CT molecular complexity index is 295. The lowest BCUT2D eigenvalue weighted by molar-refractivity contribution is -0.136. The van der Waals surface area contributed by atoms with E-state index in [1.54, 1.807) is 0 Å². The lowest BCUT2D eigenvalue weighted by atomic mass is 9.90. The van der Waals surface area contributed by atoms with Gasteiger partial charge in [0.25, 0.3) is 0 Å². The van der Waals surface area contributed by atoms with Crippen molar-refractivity contribution in [3.63, 3.8) is 0 Å². The van der Waals surface area contributed by atoms with E-state index in [2.05, 4.69) is 0 Å². The first kappa shape index (κ1) is 9.45. The smallest absolute Gasteiger partial charge is 0.166 e. The Labute approximate surface area is 73.7 Å². The van der Waals surface area contributed by atoms with Gasteiger partial charge in [0.15, 0.2) is 0 Å². The summed E-state index contributed by atoms with van der Waals surface area (Å²) in [5, 5.41) is -0.0789. The highest BCUT2D eigenvalue weighted by molar-refractivity contribution is 6.45. The highest BCUT2D eigenvalue weighted by Gasteiger charge is 2.32. The maximum atomic E-state index is 12.1. The molecule has 1 aromatic carbocycles. The van der Waals surface area contributed by atoms with Gasteiger partial charge in [0.05, 0.1) is 0 Å². The second-order valence-electron chi connectivity index (χ2n) is 2.20. The molecule has 1 aromatic rings. The van der Waals surface area contributed by atoms with Crippen molar-refractivity contribution in [1.29, 1.82) is 0 Å². The van der Waals surface area contributed by atoms with E-state index >= 15 is 0 Å². The summed E-state index contributed by atoms with van der Waals surface area (Å²) < 4.78 is 36.3. The predicted molar refractivity (Wildman–Crippen MR) is 41.8 cm³/mol. The molecule has 0 N–H and O–H groups in total. The van der Waals surface area contributed by atoms with Crippen molar-refractivity contribution >= 4 is 24.9 Å². The third-order valence-electron chi connectivity index (χ3n) is 1.36. The summed E-state index contributed by atoms with van der Waals surface area (Å²) in [5.74, 6) is 0. The molecule has 0 saturated carbocycles. The zero-order chi connectivity index (χ0) is 9.35. The van der Waals surface area contributed by atoms with Crippen molar-refractivity contribution in [3.8, 4) is 0 Å². The summed E-state index contributed by atoms with van der Waals surface area (Å²) in [5.41, 5.74) is -1.32. The molecule has 0 heterocycles. The first-order valence-corrected chi connectivity index (χ1v) is 3.42. The van der Waals surface area contributed by atoms with E-state index in [9.17, 15) is 13.2 Å². The van der Waals surface area contributed by atoms with Gasteiger partial charge in [-0.15, -0.1) is 0 Å². The molecule has 0 aliphatic carbocycles. The fraction of sp³-hybridized carbons (Fsp3) is 0.143. The summed E-state index contributed by atoms with van der Waals surface area (Å²) in [6, 6.07) is 3.41. The maximum absolute atomic E-state index is 12.1. The van der Waals surface area contributed by atoms with Gasteiger partial charge in [-0.3, -0.25) is 0 Å². The summed E-state index contributed by atoms with van der Waals surface area (Å²) >= 11 is 5.39. The molecule has 62 valence electrons. The molecule has 0 amide bonds. The van der Waals surface area contributed by atoms with Crippen LogP contribution in [0.25, 0.3) is 0 Å². The van der Waals surface area contributed by atoms with Gasteiger partial charge in [-0.2, -0.15) is 13.2 Å². The Hall–Kier alpha value is -0.635. The van der Waals surface area contributed by atoms with E-state index in [-0.39, 0.29) is 5.02 Å². The van der Waals surface area contributed by atoms with Gasteiger partial charge in [0, 0.05) is 10.6 Å². The number of halogens is 4. The number of alkyl halides is 3. The maximum Gasteiger partial charge on any atom is 0.415 e. The first-order valence-electron chi connectivity index (χ1n) is 3.04. The molecule has 0 aliphatic heterocycles. The Morgan fingerprint density at radius 3 is 2.25 bits per heavy atom. The average molecular weight is 190 g/mol. The number of hydrogen-bond acceptors (Lipinski definition) is 0. The van der Waals surface area contributed by atoms with Crippen LogP contribution in [-0.2, 0) is 6.18 Å². The summed E-state index contributed by atoms with van der Waals surface area (Å²) in [6.07, 6.45) is -4.44. The van der Waals surface area contributed by atoms with Gasteiger partial charge in [0.1, 0.15) is 7.85 Å². The normalized spacial score (nSPS) is 11.7. The van der Waals surface area contributed by atoms with Gasteiger partial charge < -0.3 is 0 Å². The molecule has 0 nitrogen and oxygen atoms in total.